The summed E-state index contributed by atoms with van der Waals surface area (Å²) >= 11 is 0. The molecule has 12 heteroatoms. The van der Waals surface area contributed by atoms with Crippen molar-refractivity contribution < 1.29 is 37.4 Å². The number of fused-ring (bicyclic) bond motifs is 1. The summed E-state index contributed by atoms with van der Waals surface area (Å²) in [6.45, 7) is 0.643. The largest absolute Gasteiger partial charge is 0.497 e. The van der Waals surface area contributed by atoms with Crippen LogP contribution in [-0.2, 0) is 22.4 Å². The molecule has 0 bridgehead atoms. The molecular weight excluding hydrogens is 541 g/mol. The van der Waals surface area contributed by atoms with Crippen LogP contribution in [0.5, 0.6) is 5.75 Å². The second kappa shape index (κ2) is 12.4. The van der Waals surface area contributed by atoms with E-state index in [9.17, 15) is 22.8 Å². The quantitative estimate of drug-likeness (QED) is 0.264. The number of aromatic nitrogens is 2. The van der Waals surface area contributed by atoms with E-state index in [1.807, 2.05) is 66.7 Å². The smallest absolute Gasteiger partial charge is 0.490 e. The Morgan fingerprint density at radius 2 is 1.80 bits per heavy atom. The molecule has 3 heterocycles. The number of carboxylic acid groups (broad SMARTS) is 1. The van der Waals surface area contributed by atoms with E-state index in [2.05, 4.69) is 20.6 Å². The molecule has 5 rings (SSSR count). The maximum absolute atomic E-state index is 12.6. The Labute approximate surface area is 232 Å². The van der Waals surface area contributed by atoms with Crippen LogP contribution in [0.15, 0.2) is 72.9 Å². The molecule has 9 nitrogen and oxygen atoms in total. The molecule has 4 N–H and O–H groups in total. The summed E-state index contributed by atoms with van der Waals surface area (Å²) in [5.74, 6) is -2.19. The van der Waals surface area contributed by atoms with Crippen molar-refractivity contribution in [1.82, 2.24) is 15.3 Å². The van der Waals surface area contributed by atoms with Crippen LogP contribution in [-0.4, -0.2) is 52.7 Å². The molecule has 0 radical (unpaired) electrons. The Hall–Kier alpha value is -5.13. The van der Waals surface area contributed by atoms with Gasteiger partial charge in [0.15, 0.2) is 0 Å². The Morgan fingerprint density at radius 3 is 2.51 bits per heavy atom. The molecule has 2 aromatic heterocycles. The van der Waals surface area contributed by atoms with Crippen molar-refractivity contribution in [1.29, 1.82) is 0 Å². The van der Waals surface area contributed by atoms with Crippen molar-refractivity contribution >= 4 is 23.5 Å². The van der Waals surface area contributed by atoms with Crippen molar-refractivity contribution in [2.24, 2.45) is 0 Å². The number of carbonyl (C=O) groups excluding carboxylic acids is 2. The molecule has 1 aliphatic heterocycles. The lowest BCUT2D eigenvalue weighted by Crippen LogP contribution is -2.31. The lowest BCUT2D eigenvalue weighted by Gasteiger charge is -2.11. The van der Waals surface area contributed by atoms with Gasteiger partial charge in [-0.05, 0) is 48.0 Å². The molecule has 2 amide bonds. The summed E-state index contributed by atoms with van der Waals surface area (Å²) in [5, 5.41) is 13.0. The average molecular weight is 567 g/mol. The number of amides is 2. The number of hydrogen-bond donors (Lipinski definition) is 4. The number of methoxy groups -OCH3 is 1. The number of H-pyrrole nitrogens is 1. The van der Waals surface area contributed by atoms with Gasteiger partial charge in [0, 0.05) is 47.4 Å². The van der Waals surface area contributed by atoms with Crippen LogP contribution in [0.1, 0.15) is 21.6 Å². The summed E-state index contributed by atoms with van der Waals surface area (Å²) in [4.78, 5) is 41.5. The number of nitrogens with zero attached hydrogens (tertiary/aromatic N) is 1. The highest BCUT2D eigenvalue weighted by Gasteiger charge is 2.38. The number of carboxylic acids is 1. The zero-order valence-corrected chi connectivity index (χ0v) is 21.7. The fourth-order valence-electron chi connectivity index (χ4n) is 4.13. The van der Waals surface area contributed by atoms with E-state index in [4.69, 9.17) is 14.6 Å². The summed E-state index contributed by atoms with van der Waals surface area (Å²) in [7, 11) is 1.61. The molecule has 0 saturated carbocycles. The number of alkyl halides is 3. The number of carbonyl (C=O) groups is 3. The van der Waals surface area contributed by atoms with Crippen LogP contribution >= 0.6 is 0 Å². The third-order valence-electron chi connectivity index (χ3n) is 6.06. The SMILES string of the molecule is COc1cccc(CC(=O)Nc2cccc(-c3cc(-c4cc5c([nH]4)CCNC5=O)ccn3)c2)c1.O=C(O)C(F)(F)F. The highest BCUT2D eigenvalue weighted by Crippen LogP contribution is 2.28. The summed E-state index contributed by atoms with van der Waals surface area (Å²) in [6.07, 6.45) is -2.30. The van der Waals surface area contributed by atoms with Gasteiger partial charge in [0.05, 0.1) is 24.8 Å². The van der Waals surface area contributed by atoms with Crippen LogP contribution in [0.2, 0.25) is 0 Å². The minimum Gasteiger partial charge on any atom is -0.497 e. The molecule has 41 heavy (non-hydrogen) atoms. The molecule has 4 aromatic rings. The van der Waals surface area contributed by atoms with Crippen molar-refractivity contribution in [3.05, 3.63) is 89.7 Å². The first-order valence-electron chi connectivity index (χ1n) is 12.3. The molecule has 212 valence electrons. The maximum atomic E-state index is 12.6. The van der Waals surface area contributed by atoms with E-state index in [1.54, 1.807) is 13.3 Å². The lowest BCUT2D eigenvalue weighted by molar-refractivity contribution is -0.192. The monoisotopic (exact) mass is 566 g/mol. The van der Waals surface area contributed by atoms with Gasteiger partial charge in [-0.25, -0.2) is 4.79 Å². The van der Waals surface area contributed by atoms with E-state index in [0.717, 1.165) is 45.9 Å². The first-order valence-corrected chi connectivity index (χ1v) is 12.3. The van der Waals surface area contributed by atoms with Crippen molar-refractivity contribution in [3.8, 4) is 28.3 Å². The van der Waals surface area contributed by atoms with Gasteiger partial charge in [0.1, 0.15) is 5.75 Å². The zero-order chi connectivity index (χ0) is 29.6. The molecule has 0 aliphatic carbocycles. The standard InChI is InChI=1S/C27H24N4O3.C2HF3O2/c1-34-21-7-2-4-17(12-21)13-26(32)30-20-6-3-5-18(14-20)24-15-19(8-10-28-24)25-16-22-23(31-25)9-11-29-27(22)33;3-2(4,5)1(6)7/h2-8,10,12,14-16,31H,9,11,13H2,1H3,(H,29,33)(H,30,32);(H,6,7). The highest BCUT2D eigenvalue weighted by molar-refractivity contribution is 5.98. The number of halogens is 3. The molecular formula is C29H25F3N4O5. The number of hydrogen-bond acceptors (Lipinski definition) is 5. The number of ether oxygens (including phenoxy) is 1. The minimum absolute atomic E-state index is 0.0459. The van der Waals surface area contributed by atoms with Gasteiger partial charge in [0.25, 0.3) is 5.91 Å². The summed E-state index contributed by atoms with van der Waals surface area (Å²) in [5.41, 5.74) is 6.72. The van der Waals surface area contributed by atoms with Crippen molar-refractivity contribution in [3.63, 3.8) is 0 Å². The zero-order valence-electron chi connectivity index (χ0n) is 21.7. The Morgan fingerprint density at radius 1 is 1.05 bits per heavy atom. The van der Waals surface area contributed by atoms with Crippen LogP contribution in [0.4, 0.5) is 18.9 Å². The van der Waals surface area contributed by atoms with E-state index in [-0.39, 0.29) is 18.2 Å². The van der Waals surface area contributed by atoms with Crippen molar-refractivity contribution in [2.75, 3.05) is 19.0 Å². The van der Waals surface area contributed by atoms with Gasteiger partial charge in [0.2, 0.25) is 5.91 Å². The highest BCUT2D eigenvalue weighted by atomic mass is 19.4. The fourth-order valence-corrected chi connectivity index (χ4v) is 4.13. The third kappa shape index (κ3) is 7.50. The van der Waals surface area contributed by atoms with E-state index in [1.165, 1.54) is 0 Å². The molecule has 0 spiro atoms. The molecule has 1 aliphatic rings. The lowest BCUT2D eigenvalue weighted by atomic mass is 10.1. The van der Waals surface area contributed by atoms with Crippen LogP contribution in [0, 0.1) is 0 Å². The average Bonchev–Trinajstić information content (AvgIpc) is 3.39. The van der Waals surface area contributed by atoms with Gasteiger partial charge in [-0.1, -0.05) is 24.3 Å². The first-order chi connectivity index (χ1) is 19.5. The minimum atomic E-state index is -5.08. The van der Waals surface area contributed by atoms with Crippen LogP contribution < -0.4 is 15.4 Å². The summed E-state index contributed by atoms with van der Waals surface area (Å²) in [6, 6.07) is 20.9. The summed E-state index contributed by atoms with van der Waals surface area (Å²) < 4.78 is 37.0. The van der Waals surface area contributed by atoms with Gasteiger partial charge in [-0.2, -0.15) is 13.2 Å². The predicted octanol–water partition coefficient (Wildman–Crippen LogP) is 4.85. The van der Waals surface area contributed by atoms with E-state index >= 15 is 0 Å². The number of rotatable bonds is 6. The normalized spacial score (nSPS) is 12.3. The topological polar surface area (TPSA) is 133 Å². The number of pyridine rings is 1. The predicted molar refractivity (Wildman–Crippen MR) is 145 cm³/mol. The first kappa shape index (κ1) is 28.9. The number of aliphatic carboxylic acids is 1. The molecule has 0 saturated heterocycles. The van der Waals surface area contributed by atoms with Gasteiger partial charge >= 0.3 is 12.1 Å². The molecule has 0 unspecified atom stereocenters. The van der Waals surface area contributed by atoms with Crippen LogP contribution in [0.3, 0.4) is 0 Å². The number of benzene rings is 2. The van der Waals surface area contributed by atoms with E-state index in [0.29, 0.717) is 17.8 Å². The molecule has 2 aromatic carbocycles. The number of aromatic amines is 1. The number of anilines is 1. The fraction of sp³-hybridized carbons (Fsp3) is 0.172. The van der Waals surface area contributed by atoms with E-state index < -0.39 is 12.1 Å². The second-order valence-corrected chi connectivity index (χ2v) is 8.97. The Bertz CT molecular complexity index is 1580. The molecule has 0 fully saturated rings. The van der Waals surface area contributed by atoms with Gasteiger partial charge in [-0.3, -0.25) is 14.6 Å². The van der Waals surface area contributed by atoms with Gasteiger partial charge in [-0.15, -0.1) is 0 Å². The van der Waals surface area contributed by atoms with Crippen molar-refractivity contribution in [2.45, 2.75) is 19.0 Å². The third-order valence-corrected chi connectivity index (χ3v) is 6.06. The van der Waals surface area contributed by atoms with Crippen LogP contribution in [0.25, 0.3) is 22.5 Å². The Kier molecular flexibility index (Phi) is 8.71. The second-order valence-electron chi connectivity index (χ2n) is 8.97. The van der Waals surface area contributed by atoms with Gasteiger partial charge < -0.3 is 25.5 Å². The number of nitrogens with one attached hydrogen (secondary N) is 3. The molecule has 0 atom stereocenters. The Balaban J connectivity index is 0.000000493. The maximum Gasteiger partial charge on any atom is 0.490 e.